The molecule has 4 nitrogen and oxygen atoms in total. The molecule has 0 radical (unpaired) electrons. The van der Waals surface area contributed by atoms with Gasteiger partial charge in [0.05, 0.1) is 12.6 Å². The van der Waals surface area contributed by atoms with E-state index in [4.69, 9.17) is 4.74 Å². The van der Waals surface area contributed by atoms with Crippen molar-refractivity contribution in [2.24, 2.45) is 0 Å². The van der Waals surface area contributed by atoms with Gasteiger partial charge < -0.3 is 4.74 Å². The Hall–Kier alpha value is -4.06. The van der Waals surface area contributed by atoms with Crippen LogP contribution in [0.25, 0.3) is 0 Å². The predicted molar refractivity (Wildman–Crippen MR) is 163 cm³/mol. The van der Waals surface area contributed by atoms with Gasteiger partial charge in [-0.15, -0.1) is 0 Å². The van der Waals surface area contributed by atoms with Crippen molar-refractivity contribution in [3.63, 3.8) is 0 Å². The van der Waals surface area contributed by atoms with Crippen molar-refractivity contribution in [3.8, 4) is 0 Å². The first-order chi connectivity index (χ1) is 19.4. The molecule has 0 aliphatic carbocycles. The summed E-state index contributed by atoms with van der Waals surface area (Å²) in [6.07, 6.45) is 2.52. The van der Waals surface area contributed by atoms with Crippen molar-refractivity contribution in [3.05, 3.63) is 150 Å². The summed E-state index contributed by atoms with van der Waals surface area (Å²) in [5, 5.41) is 1.24. The van der Waals surface area contributed by atoms with E-state index < -0.39 is 13.7 Å². The highest BCUT2D eigenvalue weighted by Crippen LogP contribution is 2.41. The predicted octanol–water partition coefficient (Wildman–Crippen LogP) is 6.22. The molecule has 40 heavy (non-hydrogen) atoms. The molecule has 1 aliphatic rings. The van der Waals surface area contributed by atoms with E-state index in [1.54, 1.807) is 6.08 Å². The van der Waals surface area contributed by atoms with E-state index in [1.165, 1.54) is 10.1 Å². The van der Waals surface area contributed by atoms with E-state index in [1.807, 2.05) is 78.5 Å². The SMILES string of the molecule is C[Si](C)(/C=C\C(=O)N1C(=O)CC[C@H]1COC(c1ccccc1)(c1ccccc1)c1ccccc1)c1ccccc1. The maximum atomic E-state index is 13.5. The molecule has 2 amide bonds. The highest BCUT2D eigenvalue weighted by atomic mass is 28.3. The summed E-state index contributed by atoms with van der Waals surface area (Å²) in [5.74, 6) is -0.412. The fourth-order valence-corrected chi connectivity index (χ4v) is 7.32. The molecule has 0 bridgehead atoms. The molecular formula is C35H35NO3Si. The van der Waals surface area contributed by atoms with Gasteiger partial charge in [-0.1, -0.05) is 145 Å². The summed E-state index contributed by atoms with van der Waals surface area (Å²) in [7, 11) is -1.99. The highest BCUT2D eigenvalue weighted by Gasteiger charge is 2.41. The fraction of sp³-hybridized carbons (Fsp3) is 0.200. The van der Waals surface area contributed by atoms with Gasteiger partial charge in [0.2, 0.25) is 5.91 Å². The number of imide groups is 1. The molecule has 1 aliphatic heterocycles. The van der Waals surface area contributed by atoms with E-state index in [2.05, 4.69) is 61.6 Å². The lowest BCUT2D eigenvalue weighted by Crippen LogP contribution is -2.44. The number of carbonyl (C=O) groups is 2. The second-order valence-electron chi connectivity index (χ2n) is 10.8. The third kappa shape index (κ3) is 5.62. The van der Waals surface area contributed by atoms with Gasteiger partial charge >= 0.3 is 0 Å². The lowest BCUT2D eigenvalue weighted by Gasteiger charge is -2.37. The number of hydrogen-bond donors (Lipinski definition) is 0. The van der Waals surface area contributed by atoms with E-state index in [-0.39, 0.29) is 24.5 Å². The Morgan fingerprint density at radius 2 is 1.25 bits per heavy atom. The van der Waals surface area contributed by atoms with Crippen molar-refractivity contribution >= 4 is 25.1 Å². The molecule has 5 rings (SSSR count). The van der Waals surface area contributed by atoms with Gasteiger partial charge in [0.1, 0.15) is 13.7 Å². The van der Waals surface area contributed by atoms with Crippen LogP contribution in [0.2, 0.25) is 13.1 Å². The van der Waals surface area contributed by atoms with Crippen LogP contribution in [0.4, 0.5) is 0 Å². The van der Waals surface area contributed by atoms with Gasteiger partial charge in [0.25, 0.3) is 5.91 Å². The van der Waals surface area contributed by atoms with E-state index in [0.29, 0.717) is 12.8 Å². The molecule has 202 valence electrons. The van der Waals surface area contributed by atoms with Crippen molar-refractivity contribution in [1.82, 2.24) is 4.90 Å². The topological polar surface area (TPSA) is 46.6 Å². The Kier molecular flexibility index (Phi) is 8.24. The number of rotatable bonds is 9. The minimum absolute atomic E-state index is 0.146. The van der Waals surface area contributed by atoms with Crippen LogP contribution in [0.5, 0.6) is 0 Å². The lowest BCUT2D eigenvalue weighted by atomic mass is 9.80. The molecule has 0 saturated carbocycles. The van der Waals surface area contributed by atoms with Gasteiger partial charge in [0.15, 0.2) is 0 Å². The van der Waals surface area contributed by atoms with Crippen LogP contribution in [0, 0.1) is 0 Å². The summed E-state index contributed by atoms with van der Waals surface area (Å²) < 4.78 is 6.95. The quantitative estimate of drug-likeness (QED) is 0.142. The number of hydrogen-bond acceptors (Lipinski definition) is 3. The Morgan fingerprint density at radius 1 is 0.800 bits per heavy atom. The van der Waals surface area contributed by atoms with Crippen molar-refractivity contribution < 1.29 is 14.3 Å². The molecular weight excluding hydrogens is 510 g/mol. The third-order valence-corrected chi connectivity index (χ3v) is 10.6. The van der Waals surface area contributed by atoms with Gasteiger partial charge in [-0.3, -0.25) is 14.5 Å². The van der Waals surface area contributed by atoms with E-state index in [0.717, 1.165) is 16.7 Å². The molecule has 4 aromatic carbocycles. The molecule has 0 unspecified atom stereocenters. The summed E-state index contributed by atoms with van der Waals surface area (Å²) in [6, 6.07) is 40.4. The summed E-state index contributed by atoms with van der Waals surface area (Å²) >= 11 is 0. The molecule has 4 aromatic rings. The van der Waals surface area contributed by atoms with Gasteiger partial charge in [0, 0.05) is 6.42 Å². The number of benzene rings is 4. The van der Waals surface area contributed by atoms with E-state index in [9.17, 15) is 9.59 Å². The van der Waals surface area contributed by atoms with Crippen LogP contribution in [0.3, 0.4) is 0 Å². The van der Waals surface area contributed by atoms with Gasteiger partial charge in [-0.05, 0) is 29.2 Å². The van der Waals surface area contributed by atoms with Crippen LogP contribution in [0.1, 0.15) is 29.5 Å². The van der Waals surface area contributed by atoms with Crippen molar-refractivity contribution in [1.29, 1.82) is 0 Å². The Bertz CT molecular complexity index is 1360. The number of nitrogens with zero attached hydrogens (tertiary/aromatic N) is 1. The van der Waals surface area contributed by atoms with Crippen molar-refractivity contribution in [2.75, 3.05) is 6.61 Å². The monoisotopic (exact) mass is 545 g/mol. The average Bonchev–Trinajstić information content (AvgIpc) is 3.38. The molecule has 1 saturated heterocycles. The van der Waals surface area contributed by atoms with Crippen LogP contribution in [0.15, 0.2) is 133 Å². The van der Waals surface area contributed by atoms with Crippen LogP contribution in [-0.4, -0.2) is 37.4 Å². The normalized spacial score (nSPS) is 16.0. The maximum absolute atomic E-state index is 13.5. The molecule has 1 heterocycles. The number of carbonyl (C=O) groups excluding carboxylic acids is 2. The third-order valence-electron chi connectivity index (χ3n) is 7.76. The smallest absolute Gasteiger partial charge is 0.252 e. The van der Waals surface area contributed by atoms with Gasteiger partial charge in [-0.2, -0.15) is 0 Å². The molecule has 0 spiro atoms. The number of likely N-dealkylation sites (tertiary alicyclic amines) is 1. The molecule has 5 heteroatoms. The molecule has 1 atom stereocenters. The van der Waals surface area contributed by atoms with Crippen LogP contribution < -0.4 is 5.19 Å². The number of amides is 2. The maximum Gasteiger partial charge on any atom is 0.252 e. The Morgan fingerprint density at radius 3 is 1.73 bits per heavy atom. The van der Waals surface area contributed by atoms with Gasteiger partial charge in [-0.25, -0.2) is 0 Å². The highest BCUT2D eigenvalue weighted by molar-refractivity contribution is 6.94. The second-order valence-corrected chi connectivity index (χ2v) is 15.2. The van der Waals surface area contributed by atoms with Crippen LogP contribution in [-0.2, 0) is 19.9 Å². The molecule has 1 fully saturated rings. The largest absolute Gasteiger partial charge is 0.359 e. The number of ether oxygens (including phenoxy) is 1. The summed E-state index contributed by atoms with van der Waals surface area (Å²) in [6.45, 7) is 4.63. The first-order valence-electron chi connectivity index (χ1n) is 13.8. The molecule has 0 N–H and O–H groups in total. The lowest BCUT2D eigenvalue weighted by molar-refractivity contribution is -0.142. The zero-order valence-electron chi connectivity index (χ0n) is 23.1. The minimum Gasteiger partial charge on any atom is -0.359 e. The zero-order valence-corrected chi connectivity index (χ0v) is 24.1. The summed E-state index contributed by atoms with van der Waals surface area (Å²) in [5.41, 5.74) is 4.10. The second kappa shape index (κ2) is 12.0. The van der Waals surface area contributed by atoms with E-state index >= 15 is 0 Å². The Balaban J connectivity index is 1.46. The minimum atomic E-state index is -1.99. The fourth-order valence-electron chi connectivity index (χ4n) is 5.52. The first kappa shape index (κ1) is 27.5. The standard InChI is InChI=1S/C35H35NO3Si/c1-40(2,32-21-13-6-14-22-32)26-25-34(38)36-31(23-24-33(36)37)27-39-35(28-15-7-3-8-16-28,29-17-9-4-10-18-29)30-19-11-5-12-20-30/h3-22,25-26,31H,23-24,27H2,1-2H3/b26-25-/t31-/m0/s1. The average molecular weight is 546 g/mol. The van der Waals surface area contributed by atoms with Crippen molar-refractivity contribution in [2.45, 2.75) is 37.6 Å². The Labute approximate surface area is 237 Å². The molecule has 0 aromatic heterocycles. The first-order valence-corrected chi connectivity index (χ1v) is 16.9. The zero-order chi connectivity index (χ0) is 28.0. The van der Waals surface area contributed by atoms with Crippen LogP contribution >= 0.6 is 0 Å². The summed E-state index contributed by atoms with van der Waals surface area (Å²) in [4.78, 5) is 27.9.